The van der Waals surface area contributed by atoms with Gasteiger partial charge in [0.05, 0.1) is 18.6 Å². The molecule has 0 amide bonds. The standard InChI is InChI=1S/C13H8Br2ClNOS/c14-10-5-7(13(15)19-10)11(17)9-4-6-2-1-3-8(16)12(6)18-9/h1-5,11H,17H2. The van der Waals surface area contributed by atoms with E-state index < -0.39 is 0 Å². The number of halogens is 3. The Balaban J connectivity index is 2.09. The molecule has 6 heteroatoms. The quantitative estimate of drug-likeness (QED) is 0.575. The number of thiophene rings is 1. The first kappa shape index (κ1) is 13.6. The maximum Gasteiger partial charge on any atom is 0.152 e. The van der Waals surface area contributed by atoms with Crippen LogP contribution in [-0.4, -0.2) is 0 Å². The van der Waals surface area contributed by atoms with Crippen LogP contribution >= 0.6 is 54.8 Å². The molecule has 0 fully saturated rings. The van der Waals surface area contributed by atoms with Crippen LogP contribution in [0.15, 0.2) is 42.3 Å². The number of hydrogen-bond acceptors (Lipinski definition) is 3. The normalized spacial score (nSPS) is 13.1. The summed E-state index contributed by atoms with van der Waals surface area (Å²) >= 11 is 14.7. The van der Waals surface area contributed by atoms with Crippen molar-refractivity contribution >= 4 is 65.8 Å². The largest absolute Gasteiger partial charge is 0.457 e. The number of fused-ring (bicyclic) bond motifs is 1. The van der Waals surface area contributed by atoms with Crippen molar-refractivity contribution in [2.24, 2.45) is 5.73 Å². The lowest BCUT2D eigenvalue weighted by Crippen LogP contribution is -2.10. The zero-order chi connectivity index (χ0) is 13.6. The summed E-state index contributed by atoms with van der Waals surface area (Å²) in [6.07, 6.45) is 0. The van der Waals surface area contributed by atoms with Crippen LogP contribution in [0.25, 0.3) is 11.0 Å². The first-order valence-electron chi connectivity index (χ1n) is 5.44. The summed E-state index contributed by atoms with van der Waals surface area (Å²) in [5.74, 6) is 0.703. The molecule has 2 nitrogen and oxygen atoms in total. The van der Waals surface area contributed by atoms with E-state index in [1.807, 2.05) is 24.3 Å². The minimum absolute atomic E-state index is 0.319. The van der Waals surface area contributed by atoms with Crippen molar-refractivity contribution < 1.29 is 4.42 Å². The first-order chi connectivity index (χ1) is 9.06. The van der Waals surface area contributed by atoms with Gasteiger partial charge in [0.25, 0.3) is 0 Å². The van der Waals surface area contributed by atoms with E-state index in [1.165, 1.54) is 0 Å². The smallest absolute Gasteiger partial charge is 0.152 e. The van der Waals surface area contributed by atoms with E-state index in [4.69, 9.17) is 21.8 Å². The summed E-state index contributed by atoms with van der Waals surface area (Å²) < 4.78 is 7.82. The Hall–Kier alpha value is -0.330. The topological polar surface area (TPSA) is 39.2 Å². The lowest BCUT2D eigenvalue weighted by molar-refractivity contribution is 0.525. The van der Waals surface area contributed by atoms with Crippen LogP contribution in [0.5, 0.6) is 0 Å². The van der Waals surface area contributed by atoms with E-state index in [0.29, 0.717) is 16.4 Å². The van der Waals surface area contributed by atoms with E-state index >= 15 is 0 Å². The Labute approximate surface area is 135 Å². The molecule has 0 aliphatic heterocycles. The maximum atomic E-state index is 6.26. The van der Waals surface area contributed by atoms with E-state index in [0.717, 1.165) is 18.5 Å². The van der Waals surface area contributed by atoms with Gasteiger partial charge in [0.2, 0.25) is 0 Å². The van der Waals surface area contributed by atoms with E-state index in [2.05, 4.69) is 31.9 Å². The van der Waals surface area contributed by atoms with Crippen LogP contribution in [-0.2, 0) is 0 Å². The average Bonchev–Trinajstić information content (AvgIpc) is 2.93. The highest BCUT2D eigenvalue weighted by Gasteiger charge is 2.19. The molecule has 1 atom stereocenters. The molecular formula is C13H8Br2ClNOS. The molecule has 0 saturated carbocycles. The molecule has 3 aromatic rings. The van der Waals surface area contributed by atoms with Crippen molar-refractivity contribution in [1.82, 2.24) is 0 Å². The number of furan rings is 1. The fourth-order valence-corrected chi connectivity index (χ4v) is 5.07. The van der Waals surface area contributed by atoms with Gasteiger partial charge in [-0.3, -0.25) is 0 Å². The van der Waals surface area contributed by atoms with Gasteiger partial charge in [-0.2, -0.15) is 0 Å². The third-order valence-corrected chi connectivity index (χ3v) is 5.52. The molecule has 0 spiro atoms. The molecule has 3 rings (SSSR count). The summed E-state index contributed by atoms with van der Waals surface area (Å²) in [7, 11) is 0. The summed E-state index contributed by atoms with van der Waals surface area (Å²) in [5.41, 5.74) is 7.94. The molecule has 0 saturated heterocycles. The third kappa shape index (κ3) is 2.50. The van der Waals surface area contributed by atoms with Gasteiger partial charge < -0.3 is 10.2 Å². The van der Waals surface area contributed by atoms with E-state index in [9.17, 15) is 0 Å². The van der Waals surface area contributed by atoms with Gasteiger partial charge in [0.15, 0.2) is 5.58 Å². The van der Waals surface area contributed by atoms with Gasteiger partial charge in [-0.15, -0.1) is 11.3 Å². The maximum absolute atomic E-state index is 6.26. The number of rotatable bonds is 2. The second kappa shape index (κ2) is 5.22. The molecule has 98 valence electrons. The van der Waals surface area contributed by atoms with Crippen LogP contribution in [0.4, 0.5) is 0 Å². The molecule has 2 aromatic heterocycles. The van der Waals surface area contributed by atoms with Gasteiger partial charge in [-0.05, 0) is 50.1 Å². The van der Waals surface area contributed by atoms with Crippen LogP contribution in [0.2, 0.25) is 5.02 Å². The molecule has 0 bridgehead atoms. The molecule has 2 N–H and O–H groups in total. The van der Waals surface area contributed by atoms with Crippen LogP contribution in [0.1, 0.15) is 17.4 Å². The predicted molar refractivity (Wildman–Crippen MR) is 87.0 cm³/mol. The molecule has 2 heterocycles. The van der Waals surface area contributed by atoms with Crippen LogP contribution in [0.3, 0.4) is 0 Å². The van der Waals surface area contributed by atoms with E-state index in [-0.39, 0.29) is 6.04 Å². The van der Waals surface area contributed by atoms with Crippen LogP contribution < -0.4 is 5.73 Å². The zero-order valence-corrected chi connectivity index (χ0v) is 14.2. The minimum Gasteiger partial charge on any atom is -0.457 e. The summed E-state index contributed by atoms with van der Waals surface area (Å²) in [6, 6.07) is 9.27. The van der Waals surface area contributed by atoms with Crippen molar-refractivity contribution in [1.29, 1.82) is 0 Å². The second-order valence-electron chi connectivity index (χ2n) is 4.06. The molecule has 1 aromatic carbocycles. The third-order valence-electron chi connectivity index (χ3n) is 2.84. The number of benzene rings is 1. The first-order valence-corrected chi connectivity index (χ1v) is 8.22. The van der Waals surface area contributed by atoms with E-state index in [1.54, 1.807) is 17.4 Å². The fourth-order valence-electron chi connectivity index (χ4n) is 1.92. The molecule has 0 aliphatic carbocycles. The average molecular weight is 422 g/mol. The Morgan fingerprint density at radius 1 is 1.26 bits per heavy atom. The van der Waals surface area contributed by atoms with Crippen molar-refractivity contribution in [3.05, 3.63) is 54.3 Å². The lowest BCUT2D eigenvalue weighted by atomic mass is 10.1. The van der Waals surface area contributed by atoms with Crippen molar-refractivity contribution in [3.8, 4) is 0 Å². The Morgan fingerprint density at radius 2 is 2.05 bits per heavy atom. The Bertz CT molecular complexity index is 752. The summed E-state index contributed by atoms with van der Waals surface area (Å²) in [4.78, 5) is 0. The lowest BCUT2D eigenvalue weighted by Gasteiger charge is -2.06. The van der Waals surface area contributed by atoms with Crippen LogP contribution in [0, 0.1) is 0 Å². The van der Waals surface area contributed by atoms with Gasteiger partial charge in [-0.1, -0.05) is 23.7 Å². The van der Waals surface area contributed by atoms with Gasteiger partial charge in [-0.25, -0.2) is 0 Å². The molecular weight excluding hydrogens is 413 g/mol. The summed E-state index contributed by atoms with van der Waals surface area (Å²) in [5, 5.41) is 1.56. The van der Waals surface area contributed by atoms with Gasteiger partial charge >= 0.3 is 0 Å². The molecule has 0 aliphatic rings. The minimum atomic E-state index is -0.319. The monoisotopic (exact) mass is 419 g/mol. The fraction of sp³-hybridized carbons (Fsp3) is 0.0769. The highest BCUT2D eigenvalue weighted by atomic mass is 79.9. The predicted octanol–water partition coefficient (Wildman–Crippen LogP) is 5.72. The SMILES string of the molecule is NC(c1cc2cccc(Cl)c2o1)c1cc(Br)sc1Br. The molecule has 19 heavy (non-hydrogen) atoms. The number of para-hydroxylation sites is 1. The van der Waals surface area contributed by atoms with Gasteiger partial charge in [0, 0.05) is 10.9 Å². The Kier molecular flexibility index (Phi) is 3.75. The highest BCUT2D eigenvalue weighted by molar-refractivity contribution is 9.12. The zero-order valence-electron chi connectivity index (χ0n) is 9.49. The molecule has 1 unspecified atom stereocenters. The van der Waals surface area contributed by atoms with Crippen molar-refractivity contribution in [3.63, 3.8) is 0 Å². The second-order valence-corrected chi connectivity index (χ2v) is 8.22. The Morgan fingerprint density at radius 3 is 2.68 bits per heavy atom. The highest BCUT2D eigenvalue weighted by Crippen LogP contribution is 2.38. The van der Waals surface area contributed by atoms with Crippen molar-refractivity contribution in [2.45, 2.75) is 6.04 Å². The summed E-state index contributed by atoms with van der Waals surface area (Å²) in [6.45, 7) is 0. The van der Waals surface area contributed by atoms with Gasteiger partial charge in [0.1, 0.15) is 5.76 Å². The number of nitrogens with two attached hydrogens (primary N) is 1. The molecule has 0 radical (unpaired) electrons. The number of hydrogen-bond donors (Lipinski definition) is 1. The van der Waals surface area contributed by atoms with Crippen molar-refractivity contribution in [2.75, 3.05) is 0 Å².